The second-order valence-electron chi connectivity index (χ2n) is 4.33. The third-order valence-corrected chi connectivity index (χ3v) is 2.60. The maximum atomic E-state index is 4.17. The zero-order chi connectivity index (χ0) is 12.8. The molecule has 0 aliphatic rings. The molecule has 0 bridgehead atoms. The van der Waals surface area contributed by atoms with Crippen molar-refractivity contribution in [3.63, 3.8) is 0 Å². The smallest absolute Gasteiger partial charge is 0.0874 e. The molecule has 18 heavy (non-hydrogen) atoms. The molecular formula is C15H17N3. The van der Waals surface area contributed by atoms with Gasteiger partial charge in [-0.2, -0.15) is 0 Å². The lowest BCUT2D eigenvalue weighted by atomic mass is 10.1. The molecule has 0 fully saturated rings. The summed E-state index contributed by atoms with van der Waals surface area (Å²) in [6.45, 7) is 2.85. The van der Waals surface area contributed by atoms with E-state index in [1.165, 1.54) is 11.1 Å². The van der Waals surface area contributed by atoms with Gasteiger partial charge in [0.2, 0.25) is 0 Å². The highest BCUT2D eigenvalue weighted by Gasteiger charge is 1.97. The molecule has 0 aliphatic heterocycles. The first kappa shape index (κ1) is 12.3. The minimum absolute atomic E-state index is 0.761. The second kappa shape index (κ2) is 5.96. The van der Waals surface area contributed by atoms with E-state index < -0.39 is 0 Å². The highest BCUT2D eigenvalue weighted by molar-refractivity contribution is 5.34. The Kier molecular flexibility index (Phi) is 4.07. The molecule has 0 N–H and O–H groups in total. The average molecular weight is 239 g/mol. The van der Waals surface area contributed by atoms with E-state index in [4.69, 9.17) is 0 Å². The third-order valence-electron chi connectivity index (χ3n) is 2.60. The molecule has 0 aliphatic carbocycles. The van der Waals surface area contributed by atoms with E-state index in [2.05, 4.69) is 41.5 Å². The van der Waals surface area contributed by atoms with Crippen LogP contribution in [0.15, 0.2) is 64.9 Å². The van der Waals surface area contributed by atoms with Gasteiger partial charge in [0.25, 0.3) is 0 Å². The number of nitrogens with zero attached hydrogens (tertiary/aromatic N) is 3. The Bertz CT molecular complexity index is 503. The van der Waals surface area contributed by atoms with Gasteiger partial charge in [-0.1, -0.05) is 53.3 Å². The molecule has 0 saturated heterocycles. The fourth-order valence-corrected chi connectivity index (χ4v) is 1.61. The van der Waals surface area contributed by atoms with Gasteiger partial charge in [-0.15, -0.1) is 5.11 Å². The number of rotatable bonds is 4. The molecule has 0 atom stereocenters. The van der Waals surface area contributed by atoms with Gasteiger partial charge in [-0.25, -0.2) is 0 Å². The highest BCUT2D eigenvalue weighted by Crippen LogP contribution is 2.12. The molecule has 0 amide bonds. The summed E-state index contributed by atoms with van der Waals surface area (Å²) >= 11 is 0. The van der Waals surface area contributed by atoms with Crippen molar-refractivity contribution in [2.45, 2.75) is 13.5 Å². The van der Waals surface area contributed by atoms with Crippen LogP contribution in [0.1, 0.15) is 11.1 Å². The number of benzene rings is 2. The van der Waals surface area contributed by atoms with Gasteiger partial charge in [-0.3, -0.25) is 5.01 Å². The predicted octanol–water partition coefficient (Wildman–Crippen LogP) is 4.13. The van der Waals surface area contributed by atoms with Crippen molar-refractivity contribution >= 4 is 5.69 Å². The minimum atomic E-state index is 0.761. The third kappa shape index (κ3) is 3.70. The fourth-order valence-electron chi connectivity index (χ4n) is 1.61. The van der Waals surface area contributed by atoms with E-state index in [1.54, 1.807) is 0 Å². The molecule has 2 aromatic carbocycles. The summed E-state index contributed by atoms with van der Waals surface area (Å²) in [5, 5.41) is 10.2. The standard InChI is InChI=1S/C15H17N3/c1-13-8-10-14(11-9-13)12-18(2)17-16-15-6-4-3-5-7-15/h3-11H,12H2,1-2H3. The fraction of sp³-hybridized carbons (Fsp3) is 0.200. The van der Waals surface area contributed by atoms with Gasteiger partial charge in [-0.05, 0) is 24.6 Å². The van der Waals surface area contributed by atoms with Crippen LogP contribution in [-0.2, 0) is 6.54 Å². The van der Waals surface area contributed by atoms with E-state index >= 15 is 0 Å². The van der Waals surface area contributed by atoms with Crippen LogP contribution in [0.2, 0.25) is 0 Å². The average Bonchev–Trinajstić information content (AvgIpc) is 2.40. The number of aryl methyl sites for hydroxylation is 1. The summed E-state index contributed by atoms with van der Waals surface area (Å²) < 4.78 is 0. The van der Waals surface area contributed by atoms with Crippen molar-refractivity contribution in [3.8, 4) is 0 Å². The zero-order valence-corrected chi connectivity index (χ0v) is 10.7. The van der Waals surface area contributed by atoms with Crippen molar-refractivity contribution in [2.24, 2.45) is 10.3 Å². The maximum absolute atomic E-state index is 4.17. The molecule has 2 aromatic rings. The topological polar surface area (TPSA) is 28.0 Å². The molecule has 0 saturated carbocycles. The van der Waals surface area contributed by atoms with E-state index in [1.807, 2.05) is 42.4 Å². The van der Waals surface area contributed by atoms with Crippen molar-refractivity contribution in [2.75, 3.05) is 7.05 Å². The Morgan fingerprint density at radius 2 is 1.61 bits per heavy atom. The Morgan fingerprint density at radius 1 is 0.944 bits per heavy atom. The summed E-state index contributed by atoms with van der Waals surface area (Å²) in [4.78, 5) is 0. The zero-order valence-electron chi connectivity index (χ0n) is 10.7. The SMILES string of the molecule is Cc1ccc(CN(C)N=Nc2ccccc2)cc1. The maximum Gasteiger partial charge on any atom is 0.0874 e. The van der Waals surface area contributed by atoms with Gasteiger partial charge in [0.15, 0.2) is 0 Å². The van der Waals surface area contributed by atoms with Crippen LogP contribution < -0.4 is 0 Å². The lowest BCUT2D eigenvalue weighted by Crippen LogP contribution is -2.09. The molecule has 3 heteroatoms. The van der Waals surface area contributed by atoms with Gasteiger partial charge in [0, 0.05) is 7.05 Å². The molecule has 0 aromatic heterocycles. The Balaban J connectivity index is 1.94. The summed E-state index contributed by atoms with van der Waals surface area (Å²) in [5.41, 5.74) is 3.37. The van der Waals surface area contributed by atoms with Crippen LogP contribution in [0.4, 0.5) is 5.69 Å². The first-order chi connectivity index (χ1) is 8.74. The van der Waals surface area contributed by atoms with Crippen LogP contribution in [0.3, 0.4) is 0 Å². The van der Waals surface area contributed by atoms with Crippen LogP contribution in [0.25, 0.3) is 0 Å². The molecule has 0 unspecified atom stereocenters. The molecule has 92 valence electrons. The van der Waals surface area contributed by atoms with Gasteiger partial charge >= 0.3 is 0 Å². The second-order valence-corrected chi connectivity index (χ2v) is 4.33. The van der Waals surface area contributed by atoms with Gasteiger partial charge in [0.05, 0.1) is 12.2 Å². The van der Waals surface area contributed by atoms with E-state index in [0.29, 0.717) is 0 Å². The first-order valence-electron chi connectivity index (χ1n) is 5.97. The van der Waals surface area contributed by atoms with Gasteiger partial charge < -0.3 is 0 Å². The minimum Gasteiger partial charge on any atom is -0.277 e. The van der Waals surface area contributed by atoms with Crippen LogP contribution in [0, 0.1) is 6.92 Å². The quantitative estimate of drug-likeness (QED) is 0.582. The molecule has 3 nitrogen and oxygen atoms in total. The highest BCUT2D eigenvalue weighted by atomic mass is 15.5. The van der Waals surface area contributed by atoms with Crippen LogP contribution >= 0.6 is 0 Å². The Labute approximate surface area is 108 Å². The van der Waals surface area contributed by atoms with E-state index in [9.17, 15) is 0 Å². The van der Waals surface area contributed by atoms with E-state index in [0.717, 1.165) is 12.2 Å². The lowest BCUT2D eigenvalue weighted by molar-refractivity contribution is 0.324. The summed E-state index contributed by atoms with van der Waals surface area (Å²) in [7, 11) is 1.92. The molecule has 0 radical (unpaired) electrons. The molecular weight excluding hydrogens is 222 g/mol. The summed E-state index contributed by atoms with van der Waals surface area (Å²) in [6.07, 6.45) is 0. The molecule has 0 spiro atoms. The summed E-state index contributed by atoms with van der Waals surface area (Å²) in [6, 6.07) is 18.2. The van der Waals surface area contributed by atoms with Crippen molar-refractivity contribution in [1.82, 2.24) is 5.01 Å². The Morgan fingerprint density at radius 3 is 2.28 bits per heavy atom. The largest absolute Gasteiger partial charge is 0.277 e. The van der Waals surface area contributed by atoms with Crippen molar-refractivity contribution in [1.29, 1.82) is 0 Å². The number of hydrogen-bond donors (Lipinski definition) is 0. The van der Waals surface area contributed by atoms with Crippen molar-refractivity contribution < 1.29 is 0 Å². The molecule has 2 rings (SSSR count). The number of hydrogen-bond acceptors (Lipinski definition) is 2. The normalized spacial score (nSPS) is 10.8. The van der Waals surface area contributed by atoms with Crippen LogP contribution in [0.5, 0.6) is 0 Å². The molecule has 0 heterocycles. The first-order valence-corrected chi connectivity index (χ1v) is 5.97. The lowest BCUT2D eigenvalue weighted by Gasteiger charge is -2.11. The Hall–Kier alpha value is -2.16. The van der Waals surface area contributed by atoms with Crippen LogP contribution in [-0.4, -0.2) is 12.1 Å². The van der Waals surface area contributed by atoms with Gasteiger partial charge in [0.1, 0.15) is 0 Å². The predicted molar refractivity (Wildman–Crippen MR) is 73.6 cm³/mol. The van der Waals surface area contributed by atoms with E-state index in [-0.39, 0.29) is 0 Å². The van der Waals surface area contributed by atoms with Crippen molar-refractivity contribution in [3.05, 3.63) is 65.7 Å². The summed E-state index contributed by atoms with van der Waals surface area (Å²) in [5.74, 6) is 0. The monoisotopic (exact) mass is 239 g/mol.